The quantitative estimate of drug-likeness (QED) is 0.867. The van der Waals surface area contributed by atoms with Gasteiger partial charge in [0, 0.05) is 25.3 Å². The fourth-order valence-electron chi connectivity index (χ4n) is 2.66. The second-order valence-electron chi connectivity index (χ2n) is 5.90. The topological polar surface area (TPSA) is 48.4 Å². The summed E-state index contributed by atoms with van der Waals surface area (Å²) in [5.74, 6) is 1.34. The van der Waals surface area contributed by atoms with Gasteiger partial charge in [0.25, 0.3) is 0 Å². The summed E-state index contributed by atoms with van der Waals surface area (Å²) in [5, 5.41) is 13.3. The van der Waals surface area contributed by atoms with Crippen LogP contribution >= 0.6 is 0 Å². The summed E-state index contributed by atoms with van der Waals surface area (Å²) in [6, 6.07) is 4.61. The van der Waals surface area contributed by atoms with Gasteiger partial charge in [-0.05, 0) is 43.9 Å². The first-order valence-corrected chi connectivity index (χ1v) is 7.74. The van der Waals surface area contributed by atoms with Gasteiger partial charge in [-0.15, -0.1) is 0 Å². The molecule has 0 saturated carbocycles. The molecule has 1 aromatic rings. The zero-order chi connectivity index (χ0) is 14.5. The SMILES string of the molecule is CCCNC(C)c1ccc(N2CCC(O)C(C)C2)nc1. The van der Waals surface area contributed by atoms with E-state index in [0.717, 1.165) is 38.3 Å². The summed E-state index contributed by atoms with van der Waals surface area (Å²) >= 11 is 0. The van der Waals surface area contributed by atoms with E-state index in [-0.39, 0.29) is 6.10 Å². The molecule has 4 heteroatoms. The van der Waals surface area contributed by atoms with Crippen LogP contribution in [0.3, 0.4) is 0 Å². The number of nitrogens with zero attached hydrogens (tertiary/aromatic N) is 2. The van der Waals surface area contributed by atoms with E-state index in [0.29, 0.717) is 12.0 Å². The Morgan fingerprint density at radius 2 is 2.30 bits per heavy atom. The average Bonchev–Trinajstić information content (AvgIpc) is 2.48. The van der Waals surface area contributed by atoms with Crippen molar-refractivity contribution in [3.05, 3.63) is 23.9 Å². The largest absolute Gasteiger partial charge is 0.393 e. The van der Waals surface area contributed by atoms with Crippen molar-refractivity contribution in [3.8, 4) is 0 Å². The first-order chi connectivity index (χ1) is 9.61. The van der Waals surface area contributed by atoms with Crippen LogP contribution in [0.5, 0.6) is 0 Å². The highest BCUT2D eigenvalue weighted by atomic mass is 16.3. The maximum absolute atomic E-state index is 9.79. The minimum atomic E-state index is -0.163. The molecule has 1 aliphatic rings. The van der Waals surface area contributed by atoms with E-state index in [2.05, 4.69) is 48.1 Å². The van der Waals surface area contributed by atoms with Crippen molar-refractivity contribution in [3.63, 3.8) is 0 Å². The first kappa shape index (κ1) is 15.3. The average molecular weight is 277 g/mol. The summed E-state index contributed by atoms with van der Waals surface area (Å²) in [7, 11) is 0. The van der Waals surface area contributed by atoms with Crippen molar-refractivity contribution < 1.29 is 5.11 Å². The lowest BCUT2D eigenvalue weighted by Gasteiger charge is -2.35. The molecule has 2 rings (SSSR count). The highest BCUT2D eigenvalue weighted by Crippen LogP contribution is 2.22. The van der Waals surface area contributed by atoms with Gasteiger partial charge in [0.2, 0.25) is 0 Å². The monoisotopic (exact) mass is 277 g/mol. The van der Waals surface area contributed by atoms with Gasteiger partial charge in [0.05, 0.1) is 6.10 Å². The number of anilines is 1. The molecule has 0 bridgehead atoms. The Morgan fingerprint density at radius 1 is 1.50 bits per heavy atom. The van der Waals surface area contributed by atoms with Gasteiger partial charge < -0.3 is 15.3 Å². The first-order valence-electron chi connectivity index (χ1n) is 7.74. The molecule has 1 saturated heterocycles. The van der Waals surface area contributed by atoms with Crippen LogP contribution in [-0.4, -0.2) is 35.8 Å². The summed E-state index contributed by atoms with van der Waals surface area (Å²) in [6.07, 6.45) is 3.78. The van der Waals surface area contributed by atoms with Crippen molar-refractivity contribution in [2.45, 2.75) is 45.8 Å². The predicted octanol–water partition coefficient (Wildman–Crippen LogP) is 2.35. The highest BCUT2D eigenvalue weighted by Gasteiger charge is 2.24. The molecule has 112 valence electrons. The van der Waals surface area contributed by atoms with Gasteiger partial charge in [-0.1, -0.05) is 19.9 Å². The Hall–Kier alpha value is -1.13. The van der Waals surface area contributed by atoms with Crippen LogP contribution in [0.1, 0.15) is 45.2 Å². The lowest BCUT2D eigenvalue weighted by atomic mass is 9.97. The van der Waals surface area contributed by atoms with Crippen molar-refractivity contribution in [2.24, 2.45) is 5.92 Å². The molecule has 3 atom stereocenters. The van der Waals surface area contributed by atoms with Gasteiger partial charge in [-0.2, -0.15) is 0 Å². The fraction of sp³-hybridized carbons (Fsp3) is 0.688. The van der Waals surface area contributed by atoms with Crippen LogP contribution < -0.4 is 10.2 Å². The van der Waals surface area contributed by atoms with Gasteiger partial charge in [-0.3, -0.25) is 0 Å². The molecule has 1 aromatic heterocycles. The number of aliphatic hydroxyl groups excluding tert-OH is 1. The second-order valence-corrected chi connectivity index (χ2v) is 5.90. The molecular weight excluding hydrogens is 250 g/mol. The number of hydrogen-bond donors (Lipinski definition) is 2. The molecule has 0 aromatic carbocycles. The molecule has 20 heavy (non-hydrogen) atoms. The van der Waals surface area contributed by atoms with Crippen molar-refractivity contribution in [1.29, 1.82) is 0 Å². The molecule has 0 aliphatic carbocycles. The molecule has 1 aliphatic heterocycles. The standard InChI is InChI=1S/C16H27N3O/c1-4-8-17-13(3)14-5-6-16(18-10-14)19-9-7-15(20)12(2)11-19/h5-6,10,12-13,15,17,20H,4,7-9,11H2,1-3H3. The van der Waals surface area contributed by atoms with Crippen LogP contribution in [0.25, 0.3) is 0 Å². The zero-order valence-corrected chi connectivity index (χ0v) is 12.8. The maximum atomic E-state index is 9.79. The number of piperidine rings is 1. The van der Waals surface area contributed by atoms with Gasteiger partial charge in [0.1, 0.15) is 5.82 Å². The minimum Gasteiger partial charge on any atom is -0.393 e. The van der Waals surface area contributed by atoms with Crippen LogP contribution in [0.2, 0.25) is 0 Å². The second kappa shape index (κ2) is 7.04. The van der Waals surface area contributed by atoms with E-state index in [1.807, 2.05) is 6.20 Å². The number of nitrogens with one attached hydrogen (secondary N) is 1. The lowest BCUT2D eigenvalue weighted by molar-refractivity contribution is 0.0969. The molecule has 3 unspecified atom stereocenters. The summed E-state index contributed by atoms with van der Waals surface area (Å²) < 4.78 is 0. The molecule has 0 radical (unpaired) electrons. The summed E-state index contributed by atoms with van der Waals surface area (Å²) in [6.45, 7) is 9.25. The Kier molecular flexibility index (Phi) is 5.38. The van der Waals surface area contributed by atoms with Crippen molar-refractivity contribution >= 4 is 5.82 Å². The number of hydrogen-bond acceptors (Lipinski definition) is 4. The smallest absolute Gasteiger partial charge is 0.128 e. The van der Waals surface area contributed by atoms with Crippen molar-refractivity contribution in [1.82, 2.24) is 10.3 Å². The molecule has 2 N–H and O–H groups in total. The maximum Gasteiger partial charge on any atom is 0.128 e. The normalized spacial score (nSPS) is 24.7. The zero-order valence-electron chi connectivity index (χ0n) is 12.8. The summed E-state index contributed by atoms with van der Waals surface area (Å²) in [5.41, 5.74) is 1.23. The van der Waals surface area contributed by atoms with Gasteiger partial charge >= 0.3 is 0 Å². The Labute approximate surface area is 122 Å². The Bertz CT molecular complexity index is 407. The lowest BCUT2D eigenvalue weighted by Crippen LogP contribution is -2.42. The van der Waals surface area contributed by atoms with E-state index >= 15 is 0 Å². The van der Waals surface area contributed by atoms with E-state index in [9.17, 15) is 5.11 Å². The number of aliphatic hydroxyl groups is 1. The number of pyridine rings is 1. The third-order valence-electron chi connectivity index (χ3n) is 4.16. The van der Waals surface area contributed by atoms with Gasteiger partial charge in [-0.25, -0.2) is 4.98 Å². The van der Waals surface area contributed by atoms with Crippen molar-refractivity contribution in [2.75, 3.05) is 24.5 Å². The summed E-state index contributed by atoms with van der Waals surface area (Å²) in [4.78, 5) is 6.86. The van der Waals surface area contributed by atoms with Crippen LogP contribution in [0, 0.1) is 5.92 Å². The van der Waals surface area contributed by atoms with Crippen LogP contribution in [0.4, 0.5) is 5.82 Å². The molecule has 4 nitrogen and oxygen atoms in total. The molecule has 0 amide bonds. The van der Waals surface area contributed by atoms with Crippen LogP contribution in [0.15, 0.2) is 18.3 Å². The molecule has 0 spiro atoms. The highest BCUT2D eigenvalue weighted by molar-refractivity contribution is 5.40. The molecular formula is C16H27N3O. The predicted molar refractivity (Wildman–Crippen MR) is 82.9 cm³/mol. The van der Waals surface area contributed by atoms with E-state index in [1.165, 1.54) is 5.56 Å². The Morgan fingerprint density at radius 3 is 2.90 bits per heavy atom. The number of aromatic nitrogens is 1. The third-order valence-corrected chi connectivity index (χ3v) is 4.16. The van der Waals surface area contributed by atoms with E-state index < -0.39 is 0 Å². The third kappa shape index (κ3) is 3.70. The fourth-order valence-corrected chi connectivity index (χ4v) is 2.66. The van der Waals surface area contributed by atoms with E-state index in [4.69, 9.17) is 0 Å². The number of rotatable bonds is 5. The van der Waals surface area contributed by atoms with Gasteiger partial charge in [0.15, 0.2) is 0 Å². The van der Waals surface area contributed by atoms with Crippen LogP contribution in [-0.2, 0) is 0 Å². The molecule has 1 fully saturated rings. The van der Waals surface area contributed by atoms with E-state index in [1.54, 1.807) is 0 Å². The minimum absolute atomic E-state index is 0.163. The molecule has 2 heterocycles. The Balaban J connectivity index is 1.97.